The second-order valence-corrected chi connectivity index (χ2v) is 8.57. The van der Waals surface area contributed by atoms with Gasteiger partial charge in [-0.15, -0.1) is 0 Å². The van der Waals surface area contributed by atoms with Crippen LogP contribution < -0.4 is 16.0 Å². The Morgan fingerprint density at radius 2 is 1.72 bits per heavy atom. The van der Waals surface area contributed by atoms with Crippen LogP contribution in [0.4, 0.5) is 29.1 Å². The fourth-order valence-corrected chi connectivity index (χ4v) is 4.47. The van der Waals surface area contributed by atoms with E-state index < -0.39 is 18.5 Å². The van der Waals surface area contributed by atoms with E-state index in [-0.39, 0.29) is 30.0 Å². The van der Waals surface area contributed by atoms with Crippen molar-refractivity contribution in [2.75, 3.05) is 29.9 Å². The highest BCUT2D eigenvalue weighted by atomic mass is 19.4. The highest BCUT2D eigenvalue weighted by Gasteiger charge is 2.39. The average Bonchev–Trinajstić information content (AvgIpc) is 2.62. The summed E-state index contributed by atoms with van der Waals surface area (Å²) in [6.07, 6.45) is -0.465. The quantitative estimate of drug-likeness (QED) is 0.732. The van der Waals surface area contributed by atoms with E-state index in [0.717, 1.165) is 25.7 Å². The molecule has 29 heavy (non-hydrogen) atoms. The number of piperazine rings is 1. The van der Waals surface area contributed by atoms with Gasteiger partial charge in [0.15, 0.2) is 11.6 Å². The summed E-state index contributed by atoms with van der Waals surface area (Å²) in [4.78, 5) is 7.65. The Kier molecular flexibility index (Phi) is 6.57. The molecule has 1 aliphatic heterocycles. The molecule has 1 saturated carbocycles. The smallest absolute Gasteiger partial charge is 0.381 e. The van der Waals surface area contributed by atoms with E-state index in [1.807, 2.05) is 6.92 Å². The van der Waals surface area contributed by atoms with Gasteiger partial charge in [-0.2, -0.15) is 13.2 Å². The van der Waals surface area contributed by atoms with E-state index in [9.17, 15) is 17.6 Å². The molecule has 2 unspecified atom stereocenters. The molecule has 5 nitrogen and oxygen atoms in total. The Balaban J connectivity index is 1.70. The van der Waals surface area contributed by atoms with Crippen molar-refractivity contribution in [3.63, 3.8) is 0 Å². The van der Waals surface area contributed by atoms with Crippen LogP contribution >= 0.6 is 0 Å². The van der Waals surface area contributed by atoms with Crippen molar-refractivity contribution in [3.8, 4) is 0 Å². The third-order valence-electron chi connectivity index (χ3n) is 6.04. The molecule has 2 aliphatic rings. The molecule has 2 heterocycles. The third-order valence-corrected chi connectivity index (χ3v) is 6.04. The fourth-order valence-electron chi connectivity index (χ4n) is 4.47. The number of nitrogens with zero attached hydrogens (tertiary/aromatic N) is 3. The fraction of sp³-hybridized carbons (Fsp3) is 0.750. The first-order valence-electron chi connectivity index (χ1n) is 10.3. The Labute approximate surface area is 169 Å². The molecule has 3 rings (SSSR count). The lowest BCUT2D eigenvalue weighted by Gasteiger charge is -2.45. The maximum absolute atomic E-state index is 14.9. The van der Waals surface area contributed by atoms with Crippen molar-refractivity contribution in [2.24, 2.45) is 5.73 Å². The van der Waals surface area contributed by atoms with E-state index in [1.54, 1.807) is 18.7 Å². The zero-order chi connectivity index (χ0) is 21.3. The van der Waals surface area contributed by atoms with Crippen LogP contribution in [0, 0.1) is 12.7 Å². The summed E-state index contributed by atoms with van der Waals surface area (Å²) in [6.45, 7) is 4.96. The molecule has 0 radical (unpaired) electrons. The first-order chi connectivity index (χ1) is 13.5. The van der Waals surface area contributed by atoms with Crippen LogP contribution in [0.15, 0.2) is 6.07 Å². The lowest BCUT2D eigenvalue weighted by Crippen LogP contribution is -2.59. The van der Waals surface area contributed by atoms with Gasteiger partial charge in [0.05, 0.1) is 17.9 Å². The molecule has 1 aliphatic carbocycles. The number of nitrogens with two attached hydrogens (primary N) is 1. The Hall–Kier alpha value is -1.61. The van der Waals surface area contributed by atoms with Crippen molar-refractivity contribution in [1.29, 1.82) is 0 Å². The Morgan fingerprint density at radius 3 is 2.28 bits per heavy atom. The maximum Gasteiger partial charge on any atom is 0.401 e. The second kappa shape index (κ2) is 8.63. The van der Waals surface area contributed by atoms with E-state index in [2.05, 4.69) is 10.3 Å². The molecule has 164 valence electrons. The first-order valence-corrected chi connectivity index (χ1v) is 10.3. The molecular weight excluding hydrogens is 386 g/mol. The van der Waals surface area contributed by atoms with Crippen molar-refractivity contribution in [2.45, 2.75) is 76.8 Å². The Bertz CT molecular complexity index is 691. The molecule has 3 N–H and O–H groups in total. The summed E-state index contributed by atoms with van der Waals surface area (Å²) < 4.78 is 53.4. The maximum atomic E-state index is 14.9. The van der Waals surface area contributed by atoms with Crippen LogP contribution in [-0.2, 0) is 0 Å². The van der Waals surface area contributed by atoms with Crippen LogP contribution in [0.1, 0.15) is 45.2 Å². The molecule has 0 amide bonds. The molecule has 1 aromatic heterocycles. The standard InChI is InChI=1S/C20H31F4N5/c1-12-9-28(10-13(2)29(12)11-20(22,23)24)19-17(21)8-18(14(3)26-19)27-16-6-4-15(25)5-7-16/h8,12-13,15-16,27H,4-7,9-11,25H2,1-3H3. The predicted octanol–water partition coefficient (Wildman–Crippen LogP) is 3.67. The summed E-state index contributed by atoms with van der Waals surface area (Å²) in [6, 6.07) is 1.25. The van der Waals surface area contributed by atoms with E-state index in [4.69, 9.17) is 5.73 Å². The van der Waals surface area contributed by atoms with Crippen molar-refractivity contribution < 1.29 is 17.6 Å². The van der Waals surface area contributed by atoms with Gasteiger partial charge in [-0.1, -0.05) is 0 Å². The van der Waals surface area contributed by atoms with E-state index >= 15 is 0 Å². The highest BCUT2D eigenvalue weighted by molar-refractivity contribution is 5.55. The van der Waals surface area contributed by atoms with Gasteiger partial charge in [-0.25, -0.2) is 9.37 Å². The second-order valence-electron chi connectivity index (χ2n) is 8.57. The van der Waals surface area contributed by atoms with Crippen LogP contribution in [0.2, 0.25) is 0 Å². The van der Waals surface area contributed by atoms with Gasteiger partial charge in [-0.3, -0.25) is 4.90 Å². The molecule has 2 atom stereocenters. The van der Waals surface area contributed by atoms with Crippen LogP contribution in [-0.4, -0.2) is 59.9 Å². The van der Waals surface area contributed by atoms with Crippen molar-refractivity contribution >= 4 is 11.5 Å². The Morgan fingerprint density at radius 1 is 1.14 bits per heavy atom. The number of aryl methyl sites for hydroxylation is 1. The van der Waals surface area contributed by atoms with Gasteiger partial charge in [0.2, 0.25) is 0 Å². The number of rotatable bonds is 4. The minimum absolute atomic E-state index is 0.212. The number of alkyl halides is 3. The molecule has 2 fully saturated rings. The third kappa shape index (κ3) is 5.51. The van der Waals surface area contributed by atoms with Crippen LogP contribution in [0.3, 0.4) is 0 Å². The molecule has 1 saturated heterocycles. The number of hydrogen-bond acceptors (Lipinski definition) is 5. The molecule has 1 aromatic rings. The summed E-state index contributed by atoms with van der Waals surface area (Å²) >= 11 is 0. The first kappa shape index (κ1) is 22.1. The molecule has 9 heteroatoms. The average molecular weight is 417 g/mol. The SMILES string of the molecule is Cc1nc(N2CC(C)N(CC(F)(F)F)C(C)C2)c(F)cc1NC1CCC(N)CC1. The van der Waals surface area contributed by atoms with E-state index in [0.29, 0.717) is 24.5 Å². The van der Waals surface area contributed by atoms with Crippen LogP contribution in [0.25, 0.3) is 0 Å². The number of aromatic nitrogens is 1. The number of nitrogens with one attached hydrogen (secondary N) is 1. The molecule has 0 aromatic carbocycles. The monoisotopic (exact) mass is 417 g/mol. The number of anilines is 2. The minimum Gasteiger partial charge on any atom is -0.381 e. The molecule has 0 bridgehead atoms. The lowest BCUT2D eigenvalue weighted by molar-refractivity contribution is -0.156. The number of hydrogen-bond donors (Lipinski definition) is 2. The van der Waals surface area contributed by atoms with Crippen LogP contribution in [0.5, 0.6) is 0 Å². The van der Waals surface area contributed by atoms with Crippen molar-refractivity contribution in [1.82, 2.24) is 9.88 Å². The predicted molar refractivity (Wildman–Crippen MR) is 107 cm³/mol. The van der Waals surface area contributed by atoms with Gasteiger partial charge in [0, 0.05) is 43.3 Å². The van der Waals surface area contributed by atoms with Gasteiger partial charge >= 0.3 is 6.18 Å². The molecular formula is C20H31F4N5. The molecule has 0 spiro atoms. The summed E-state index contributed by atoms with van der Waals surface area (Å²) in [5.41, 5.74) is 7.30. The van der Waals surface area contributed by atoms with Gasteiger partial charge in [0.1, 0.15) is 0 Å². The number of halogens is 4. The summed E-state index contributed by atoms with van der Waals surface area (Å²) in [5.74, 6) is -0.238. The van der Waals surface area contributed by atoms with Gasteiger partial charge in [-0.05, 0) is 46.5 Å². The highest BCUT2D eigenvalue weighted by Crippen LogP contribution is 2.30. The topological polar surface area (TPSA) is 57.4 Å². The lowest BCUT2D eigenvalue weighted by atomic mass is 9.91. The summed E-state index contributed by atoms with van der Waals surface area (Å²) in [7, 11) is 0. The summed E-state index contributed by atoms with van der Waals surface area (Å²) in [5, 5.41) is 3.38. The zero-order valence-corrected chi connectivity index (χ0v) is 17.3. The van der Waals surface area contributed by atoms with E-state index in [1.165, 1.54) is 11.0 Å². The van der Waals surface area contributed by atoms with Crippen molar-refractivity contribution in [3.05, 3.63) is 17.6 Å². The number of pyridine rings is 1. The minimum atomic E-state index is -4.25. The van der Waals surface area contributed by atoms with Gasteiger partial charge in [0.25, 0.3) is 0 Å². The normalized spacial score (nSPS) is 29.2. The largest absolute Gasteiger partial charge is 0.401 e. The van der Waals surface area contributed by atoms with Gasteiger partial charge < -0.3 is 16.0 Å². The zero-order valence-electron chi connectivity index (χ0n) is 17.3.